The molecule has 0 atom stereocenters. The van der Waals surface area contributed by atoms with Gasteiger partial charge in [-0.15, -0.1) is 0 Å². The van der Waals surface area contributed by atoms with Crippen LogP contribution in [0.4, 0.5) is 0 Å². The van der Waals surface area contributed by atoms with Crippen LogP contribution in [0.25, 0.3) is 6.08 Å². The largest absolute Gasteiger partial charge is 0.402 e. The number of aliphatic imine (C=N–C) groups is 1. The van der Waals surface area contributed by atoms with E-state index in [4.69, 9.17) is 4.74 Å². The van der Waals surface area contributed by atoms with Crippen LogP contribution >= 0.6 is 0 Å². The average Bonchev–Trinajstić information content (AvgIpc) is 3.05. The van der Waals surface area contributed by atoms with Gasteiger partial charge in [0.15, 0.2) is 5.70 Å². The molecule has 3 rings (SSSR count). The molecule has 1 aliphatic heterocycles. The number of esters is 1. The van der Waals surface area contributed by atoms with E-state index in [1.165, 1.54) is 16.4 Å². The van der Waals surface area contributed by atoms with Crippen molar-refractivity contribution >= 4 is 28.0 Å². The first-order chi connectivity index (χ1) is 13.3. The zero-order valence-electron chi connectivity index (χ0n) is 16.0. The fourth-order valence-corrected chi connectivity index (χ4v) is 4.36. The van der Waals surface area contributed by atoms with Crippen molar-refractivity contribution in [2.24, 2.45) is 4.99 Å². The van der Waals surface area contributed by atoms with E-state index in [0.29, 0.717) is 18.7 Å². The van der Waals surface area contributed by atoms with Crippen molar-refractivity contribution in [2.75, 3.05) is 13.1 Å². The number of cyclic esters (lactones) is 1. The van der Waals surface area contributed by atoms with Crippen molar-refractivity contribution < 1.29 is 17.9 Å². The van der Waals surface area contributed by atoms with Gasteiger partial charge in [0.2, 0.25) is 15.9 Å². The molecule has 1 aliphatic rings. The lowest BCUT2D eigenvalue weighted by molar-refractivity contribution is -0.129. The maximum absolute atomic E-state index is 12.7. The number of ether oxygens (including phenoxy) is 1. The van der Waals surface area contributed by atoms with Gasteiger partial charge in [-0.05, 0) is 36.8 Å². The molecule has 0 saturated heterocycles. The summed E-state index contributed by atoms with van der Waals surface area (Å²) in [5, 5.41) is 0. The number of hydrogen-bond acceptors (Lipinski definition) is 5. The molecule has 0 bridgehead atoms. The topological polar surface area (TPSA) is 76.0 Å². The van der Waals surface area contributed by atoms with E-state index in [9.17, 15) is 13.2 Å². The Morgan fingerprint density at radius 2 is 1.75 bits per heavy atom. The summed E-state index contributed by atoms with van der Waals surface area (Å²) < 4.78 is 32.1. The van der Waals surface area contributed by atoms with E-state index < -0.39 is 16.0 Å². The van der Waals surface area contributed by atoms with Gasteiger partial charge in [-0.1, -0.05) is 49.7 Å². The minimum atomic E-state index is -3.61. The molecular formula is C21H22N2O4S. The highest BCUT2D eigenvalue weighted by Crippen LogP contribution is 2.22. The van der Waals surface area contributed by atoms with Crippen molar-refractivity contribution in [3.05, 3.63) is 70.9 Å². The summed E-state index contributed by atoms with van der Waals surface area (Å²) in [5.41, 5.74) is 2.57. The van der Waals surface area contributed by atoms with Crippen LogP contribution < -0.4 is 0 Å². The second-order valence-corrected chi connectivity index (χ2v) is 8.30. The van der Waals surface area contributed by atoms with Crippen LogP contribution in [0.15, 0.2) is 64.1 Å². The van der Waals surface area contributed by atoms with Gasteiger partial charge in [0, 0.05) is 18.7 Å². The van der Waals surface area contributed by atoms with Crippen molar-refractivity contribution in [1.82, 2.24) is 4.31 Å². The summed E-state index contributed by atoms with van der Waals surface area (Å²) in [6.45, 7) is 6.31. The average molecular weight is 398 g/mol. The Hall–Kier alpha value is -2.77. The number of rotatable bonds is 6. The molecule has 6 nitrogen and oxygen atoms in total. The van der Waals surface area contributed by atoms with Crippen molar-refractivity contribution in [3.8, 4) is 0 Å². The Kier molecular flexibility index (Phi) is 5.76. The van der Waals surface area contributed by atoms with Crippen LogP contribution in [0.5, 0.6) is 0 Å². The molecule has 1 heterocycles. The molecule has 0 spiro atoms. The Balaban J connectivity index is 1.94. The first-order valence-electron chi connectivity index (χ1n) is 9.05. The van der Waals surface area contributed by atoms with Crippen molar-refractivity contribution in [1.29, 1.82) is 0 Å². The standard InChI is InChI=1S/C21H22N2O4S/c1-4-23(5-2)28(25,26)18-8-6-7-17(14-18)20-22-19(21(24)27-20)13-16-11-9-15(3)10-12-16/h6-14H,4-5H2,1-3H3/b19-13-. The molecule has 28 heavy (non-hydrogen) atoms. The molecule has 146 valence electrons. The molecule has 2 aromatic carbocycles. The molecule has 0 radical (unpaired) electrons. The molecule has 7 heteroatoms. The Morgan fingerprint density at radius 1 is 1.07 bits per heavy atom. The van der Waals surface area contributed by atoms with E-state index in [-0.39, 0.29) is 16.5 Å². The molecule has 2 aromatic rings. The Labute approximate surface area is 165 Å². The van der Waals surface area contributed by atoms with Crippen LogP contribution in [0.2, 0.25) is 0 Å². The summed E-state index contributed by atoms with van der Waals surface area (Å²) >= 11 is 0. The lowest BCUT2D eigenvalue weighted by Gasteiger charge is -2.18. The fraction of sp³-hybridized carbons (Fsp3) is 0.238. The second-order valence-electron chi connectivity index (χ2n) is 6.36. The van der Waals surface area contributed by atoms with Gasteiger partial charge in [-0.3, -0.25) is 0 Å². The quantitative estimate of drug-likeness (QED) is 0.552. The number of carbonyl (C=O) groups excluding carboxylic acids is 1. The maximum atomic E-state index is 12.7. The highest BCUT2D eigenvalue weighted by atomic mass is 32.2. The summed E-state index contributed by atoms with van der Waals surface area (Å²) in [6.07, 6.45) is 1.64. The number of hydrogen-bond donors (Lipinski definition) is 0. The predicted octanol–water partition coefficient (Wildman–Crippen LogP) is 3.37. The van der Waals surface area contributed by atoms with Crippen LogP contribution in [0.3, 0.4) is 0 Å². The first-order valence-corrected chi connectivity index (χ1v) is 10.5. The number of benzene rings is 2. The van der Waals surface area contributed by atoms with Crippen LogP contribution in [0, 0.1) is 6.92 Å². The van der Waals surface area contributed by atoms with E-state index in [2.05, 4.69) is 4.99 Å². The molecule has 0 saturated carbocycles. The smallest absolute Gasteiger partial charge is 0.363 e. The van der Waals surface area contributed by atoms with Gasteiger partial charge < -0.3 is 4.74 Å². The second kappa shape index (κ2) is 8.08. The van der Waals surface area contributed by atoms with Crippen LogP contribution in [0.1, 0.15) is 30.5 Å². The molecule has 0 amide bonds. The zero-order valence-corrected chi connectivity index (χ0v) is 16.9. The van der Waals surface area contributed by atoms with Gasteiger partial charge in [0.05, 0.1) is 4.90 Å². The normalized spacial score (nSPS) is 15.8. The lowest BCUT2D eigenvalue weighted by atomic mass is 10.1. The molecule has 0 fully saturated rings. The summed E-state index contributed by atoms with van der Waals surface area (Å²) in [4.78, 5) is 16.6. The zero-order chi connectivity index (χ0) is 20.3. The lowest BCUT2D eigenvalue weighted by Crippen LogP contribution is -2.30. The monoisotopic (exact) mass is 398 g/mol. The fourth-order valence-electron chi connectivity index (χ4n) is 2.86. The van der Waals surface area contributed by atoms with Gasteiger partial charge in [-0.25, -0.2) is 18.2 Å². The SMILES string of the molecule is CCN(CC)S(=O)(=O)c1cccc(C2=N/C(=C\c3ccc(C)cc3)C(=O)O2)c1. The van der Waals surface area contributed by atoms with Gasteiger partial charge in [-0.2, -0.15) is 4.31 Å². The summed E-state index contributed by atoms with van der Waals surface area (Å²) in [5.74, 6) is -0.465. The third-order valence-corrected chi connectivity index (χ3v) is 6.47. The number of aryl methyl sites for hydroxylation is 1. The Morgan fingerprint density at radius 3 is 2.39 bits per heavy atom. The van der Waals surface area contributed by atoms with E-state index in [1.807, 2.05) is 31.2 Å². The molecule has 0 N–H and O–H groups in total. The van der Waals surface area contributed by atoms with Crippen LogP contribution in [-0.4, -0.2) is 37.7 Å². The minimum Gasteiger partial charge on any atom is -0.402 e. The molecular weight excluding hydrogens is 376 g/mol. The van der Waals surface area contributed by atoms with E-state index in [0.717, 1.165) is 11.1 Å². The maximum Gasteiger partial charge on any atom is 0.363 e. The molecule has 0 unspecified atom stereocenters. The third kappa shape index (κ3) is 4.05. The van der Waals surface area contributed by atoms with Crippen molar-refractivity contribution in [3.63, 3.8) is 0 Å². The number of carbonyl (C=O) groups is 1. The number of sulfonamides is 1. The highest BCUT2D eigenvalue weighted by molar-refractivity contribution is 7.89. The molecule has 0 aromatic heterocycles. The van der Waals surface area contributed by atoms with E-state index >= 15 is 0 Å². The third-order valence-electron chi connectivity index (χ3n) is 4.43. The van der Waals surface area contributed by atoms with Gasteiger partial charge >= 0.3 is 5.97 Å². The van der Waals surface area contributed by atoms with E-state index in [1.54, 1.807) is 32.1 Å². The predicted molar refractivity (Wildman–Crippen MR) is 108 cm³/mol. The highest BCUT2D eigenvalue weighted by Gasteiger charge is 2.27. The van der Waals surface area contributed by atoms with Crippen LogP contribution in [-0.2, 0) is 19.6 Å². The minimum absolute atomic E-state index is 0.0972. The van der Waals surface area contributed by atoms with Crippen molar-refractivity contribution in [2.45, 2.75) is 25.7 Å². The van der Waals surface area contributed by atoms with Gasteiger partial charge in [0.1, 0.15) is 0 Å². The number of nitrogens with zero attached hydrogens (tertiary/aromatic N) is 2. The first kappa shape index (κ1) is 20.0. The summed E-state index contributed by atoms with van der Waals surface area (Å²) in [6, 6.07) is 14.0. The summed E-state index contributed by atoms with van der Waals surface area (Å²) in [7, 11) is -3.61. The van der Waals surface area contributed by atoms with Gasteiger partial charge in [0.25, 0.3) is 0 Å². The Bertz CT molecular complexity index is 1050. The molecule has 0 aliphatic carbocycles.